The van der Waals surface area contributed by atoms with Gasteiger partial charge in [0.25, 0.3) is 0 Å². The second-order valence-corrected chi connectivity index (χ2v) is 7.52. The fourth-order valence-electron chi connectivity index (χ4n) is 2.63. The largest absolute Gasteiger partial charge is 0.481 e. The first-order valence-electron chi connectivity index (χ1n) is 7.36. The molecule has 1 aliphatic rings. The fraction of sp³-hybridized carbons (Fsp3) is 0.933. The Morgan fingerprint density at radius 1 is 1.37 bits per heavy atom. The highest BCUT2D eigenvalue weighted by atomic mass is 16.4. The molecule has 1 rings (SSSR count). The molecule has 0 bridgehead atoms. The van der Waals surface area contributed by atoms with Crippen LogP contribution in [0, 0.1) is 17.3 Å². The van der Waals surface area contributed by atoms with Crippen molar-refractivity contribution >= 4 is 5.97 Å². The van der Waals surface area contributed by atoms with Crippen LogP contribution < -0.4 is 5.32 Å². The topological polar surface area (TPSA) is 52.6 Å². The maximum Gasteiger partial charge on any atom is 0.307 e. The van der Waals surface area contributed by atoms with Gasteiger partial charge in [0, 0.05) is 32.2 Å². The lowest BCUT2D eigenvalue weighted by Crippen LogP contribution is -2.52. The zero-order chi connectivity index (χ0) is 14.6. The van der Waals surface area contributed by atoms with E-state index in [1.54, 1.807) is 0 Å². The molecule has 0 aromatic carbocycles. The third kappa shape index (κ3) is 6.39. The highest BCUT2D eigenvalue weighted by Crippen LogP contribution is 2.20. The van der Waals surface area contributed by atoms with Crippen LogP contribution in [-0.2, 0) is 4.79 Å². The highest BCUT2D eigenvalue weighted by Gasteiger charge is 2.31. The lowest BCUT2D eigenvalue weighted by atomic mass is 9.91. The van der Waals surface area contributed by atoms with Crippen LogP contribution in [0.4, 0.5) is 0 Å². The van der Waals surface area contributed by atoms with Crippen molar-refractivity contribution < 1.29 is 9.90 Å². The van der Waals surface area contributed by atoms with Gasteiger partial charge in [0.2, 0.25) is 0 Å². The van der Waals surface area contributed by atoms with E-state index in [-0.39, 0.29) is 11.3 Å². The van der Waals surface area contributed by atoms with Crippen molar-refractivity contribution in [2.75, 3.05) is 26.2 Å². The summed E-state index contributed by atoms with van der Waals surface area (Å²) >= 11 is 0. The Morgan fingerprint density at radius 2 is 2.00 bits per heavy atom. The molecule has 4 nitrogen and oxygen atoms in total. The maximum absolute atomic E-state index is 11.3. The van der Waals surface area contributed by atoms with Crippen LogP contribution in [0.15, 0.2) is 0 Å². The van der Waals surface area contributed by atoms with Gasteiger partial charge in [-0.25, -0.2) is 0 Å². The fourth-order valence-corrected chi connectivity index (χ4v) is 2.63. The van der Waals surface area contributed by atoms with Crippen molar-refractivity contribution in [3.63, 3.8) is 0 Å². The van der Waals surface area contributed by atoms with Gasteiger partial charge in [-0.1, -0.05) is 34.6 Å². The molecular weight excluding hydrogens is 240 g/mol. The predicted octanol–water partition coefficient (Wildman–Crippen LogP) is 2.05. The Kier molecular flexibility index (Phi) is 5.81. The summed E-state index contributed by atoms with van der Waals surface area (Å²) in [6, 6.07) is 0.299. The minimum absolute atomic E-state index is 0.232. The SMILES string of the molecule is CC(C)CN1CC(NCC(C)(C)C)CC(C(=O)O)C1. The molecule has 1 fully saturated rings. The van der Waals surface area contributed by atoms with Crippen molar-refractivity contribution in [1.82, 2.24) is 10.2 Å². The van der Waals surface area contributed by atoms with Crippen LogP contribution in [0.1, 0.15) is 41.0 Å². The molecule has 0 aliphatic carbocycles. The van der Waals surface area contributed by atoms with E-state index in [1.165, 1.54) is 0 Å². The van der Waals surface area contributed by atoms with Gasteiger partial charge in [0.15, 0.2) is 0 Å². The van der Waals surface area contributed by atoms with E-state index in [1.807, 2.05) is 0 Å². The minimum Gasteiger partial charge on any atom is -0.481 e. The third-order valence-corrected chi connectivity index (χ3v) is 3.42. The maximum atomic E-state index is 11.3. The number of nitrogens with zero attached hydrogens (tertiary/aromatic N) is 1. The minimum atomic E-state index is -0.656. The molecule has 0 aromatic heterocycles. The Morgan fingerprint density at radius 3 is 2.47 bits per heavy atom. The van der Waals surface area contributed by atoms with Gasteiger partial charge in [-0.05, 0) is 17.8 Å². The van der Waals surface area contributed by atoms with Gasteiger partial charge in [-0.15, -0.1) is 0 Å². The van der Waals surface area contributed by atoms with Gasteiger partial charge in [-0.2, -0.15) is 0 Å². The summed E-state index contributed by atoms with van der Waals surface area (Å²) in [7, 11) is 0. The van der Waals surface area contributed by atoms with E-state index in [0.29, 0.717) is 18.5 Å². The molecule has 0 amide bonds. The van der Waals surface area contributed by atoms with Crippen molar-refractivity contribution in [2.45, 2.75) is 47.1 Å². The summed E-state index contributed by atoms with van der Waals surface area (Å²) in [6.45, 7) is 14.5. The molecule has 2 unspecified atom stereocenters. The number of carboxylic acid groups (broad SMARTS) is 1. The number of likely N-dealkylation sites (tertiary alicyclic amines) is 1. The molecule has 0 radical (unpaired) electrons. The Balaban J connectivity index is 2.57. The third-order valence-electron chi connectivity index (χ3n) is 3.42. The Bertz CT molecular complexity index is 297. The first kappa shape index (κ1) is 16.4. The van der Waals surface area contributed by atoms with Crippen LogP contribution >= 0.6 is 0 Å². The van der Waals surface area contributed by atoms with Crippen molar-refractivity contribution in [2.24, 2.45) is 17.3 Å². The lowest BCUT2D eigenvalue weighted by molar-refractivity contribution is -0.144. The molecule has 1 saturated heterocycles. The smallest absolute Gasteiger partial charge is 0.307 e. The molecule has 0 aromatic rings. The zero-order valence-corrected chi connectivity index (χ0v) is 13.1. The molecule has 2 atom stereocenters. The van der Waals surface area contributed by atoms with Gasteiger partial charge in [0.05, 0.1) is 5.92 Å². The molecule has 19 heavy (non-hydrogen) atoms. The second-order valence-electron chi connectivity index (χ2n) is 7.52. The van der Waals surface area contributed by atoms with E-state index in [2.05, 4.69) is 44.8 Å². The quantitative estimate of drug-likeness (QED) is 0.803. The van der Waals surface area contributed by atoms with Crippen molar-refractivity contribution in [3.8, 4) is 0 Å². The summed E-state index contributed by atoms with van der Waals surface area (Å²) in [5, 5.41) is 12.8. The van der Waals surface area contributed by atoms with Crippen LogP contribution in [0.3, 0.4) is 0 Å². The Hall–Kier alpha value is -0.610. The van der Waals surface area contributed by atoms with E-state index in [4.69, 9.17) is 0 Å². The number of nitrogens with one attached hydrogen (secondary N) is 1. The number of carboxylic acids is 1. The first-order valence-corrected chi connectivity index (χ1v) is 7.36. The predicted molar refractivity (Wildman–Crippen MR) is 78.3 cm³/mol. The number of aliphatic carboxylic acids is 1. The number of rotatable bonds is 5. The number of piperidine rings is 1. The number of hydrogen-bond acceptors (Lipinski definition) is 3. The van der Waals surface area contributed by atoms with Crippen LogP contribution in [0.25, 0.3) is 0 Å². The van der Waals surface area contributed by atoms with Crippen molar-refractivity contribution in [3.05, 3.63) is 0 Å². The van der Waals surface area contributed by atoms with Crippen LogP contribution in [0.5, 0.6) is 0 Å². The lowest BCUT2D eigenvalue weighted by Gasteiger charge is -2.38. The molecule has 112 valence electrons. The summed E-state index contributed by atoms with van der Waals surface area (Å²) in [4.78, 5) is 13.6. The normalized spacial score (nSPS) is 25.8. The van der Waals surface area contributed by atoms with Gasteiger partial charge in [-0.3, -0.25) is 4.79 Å². The van der Waals surface area contributed by atoms with E-state index >= 15 is 0 Å². The monoisotopic (exact) mass is 270 g/mol. The average molecular weight is 270 g/mol. The van der Waals surface area contributed by atoms with Gasteiger partial charge >= 0.3 is 5.97 Å². The first-order chi connectivity index (χ1) is 8.67. The molecule has 1 heterocycles. The van der Waals surface area contributed by atoms with E-state index in [0.717, 1.165) is 26.1 Å². The van der Waals surface area contributed by atoms with Crippen molar-refractivity contribution in [1.29, 1.82) is 0 Å². The summed E-state index contributed by atoms with van der Waals surface area (Å²) in [5.74, 6) is -0.309. The standard InChI is InChI=1S/C15H30N2O2/c1-11(2)7-17-8-12(14(18)19)6-13(9-17)16-10-15(3,4)5/h11-13,16H,6-10H2,1-5H3,(H,18,19). The molecule has 0 saturated carbocycles. The molecular formula is C15H30N2O2. The zero-order valence-electron chi connectivity index (χ0n) is 13.1. The van der Waals surface area contributed by atoms with Gasteiger partial charge in [0.1, 0.15) is 0 Å². The summed E-state index contributed by atoms with van der Waals surface area (Å²) in [5.41, 5.74) is 0.235. The second kappa shape index (κ2) is 6.71. The van der Waals surface area contributed by atoms with Crippen LogP contribution in [0.2, 0.25) is 0 Å². The number of carbonyl (C=O) groups is 1. The van der Waals surface area contributed by atoms with E-state index < -0.39 is 5.97 Å². The molecule has 0 spiro atoms. The molecule has 1 aliphatic heterocycles. The number of hydrogen-bond donors (Lipinski definition) is 2. The summed E-state index contributed by atoms with van der Waals surface area (Å²) in [6.07, 6.45) is 0.750. The van der Waals surface area contributed by atoms with E-state index in [9.17, 15) is 9.90 Å². The van der Waals surface area contributed by atoms with Gasteiger partial charge < -0.3 is 15.3 Å². The highest BCUT2D eigenvalue weighted by molar-refractivity contribution is 5.70. The molecule has 2 N–H and O–H groups in total. The Labute approximate surface area is 117 Å². The summed E-state index contributed by atoms with van der Waals surface area (Å²) < 4.78 is 0. The molecule has 4 heteroatoms. The average Bonchev–Trinajstić information content (AvgIpc) is 2.24. The van der Waals surface area contributed by atoms with Crippen LogP contribution in [-0.4, -0.2) is 48.2 Å².